The summed E-state index contributed by atoms with van der Waals surface area (Å²) in [6.45, 7) is 17.5. The second-order valence-electron chi connectivity index (χ2n) is 7.14. The van der Waals surface area contributed by atoms with Crippen molar-refractivity contribution in [3.63, 3.8) is 0 Å². The molecule has 140 valence electrons. The highest BCUT2D eigenvalue weighted by Gasteiger charge is 2.18. The number of allylic oxidation sites excluding steroid dienone is 4. The molecule has 1 N–H and O–H groups in total. The lowest BCUT2D eigenvalue weighted by Crippen LogP contribution is -2.21. The SMILES string of the molecule is C=C(CC)C1=CCC=C1C(=C)NC(CC)c1ccc(CC)c(CCC)c1. The summed E-state index contributed by atoms with van der Waals surface area (Å²) in [6.07, 6.45) is 11.0. The van der Waals surface area contributed by atoms with Gasteiger partial charge in [0.15, 0.2) is 0 Å². The van der Waals surface area contributed by atoms with Crippen LogP contribution in [-0.2, 0) is 12.8 Å². The quantitative estimate of drug-likeness (QED) is 0.480. The molecule has 0 aromatic heterocycles. The van der Waals surface area contributed by atoms with E-state index in [0.29, 0.717) is 6.04 Å². The van der Waals surface area contributed by atoms with E-state index in [-0.39, 0.29) is 0 Å². The Bertz CT molecular complexity index is 718. The molecule has 0 saturated carbocycles. The standard InChI is InChI=1S/C25H35N/c1-7-12-21-17-22(16-15-20(21)9-3)25(10-4)26-19(6)24-14-11-13-23(24)18(5)8-2/h13-17,25-26H,5-12H2,1-4H3. The molecule has 1 heteroatoms. The van der Waals surface area contributed by atoms with Crippen LogP contribution in [0.1, 0.15) is 76.1 Å². The summed E-state index contributed by atoms with van der Waals surface area (Å²) in [6, 6.07) is 7.30. The molecule has 0 aliphatic heterocycles. The van der Waals surface area contributed by atoms with Gasteiger partial charge >= 0.3 is 0 Å². The molecule has 0 spiro atoms. The van der Waals surface area contributed by atoms with E-state index in [1.165, 1.54) is 39.8 Å². The summed E-state index contributed by atoms with van der Waals surface area (Å²) < 4.78 is 0. The molecule has 1 unspecified atom stereocenters. The van der Waals surface area contributed by atoms with Gasteiger partial charge in [-0.2, -0.15) is 0 Å². The summed E-state index contributed by atoms with van der Waals surface area (Å²) in [4.78, 5) is 0. The van der Waals surface area contributed by atoms with Crippen molar-refractivity contribution in [3.8, 4) is 0 Å². The Labute approximate surface area is 160 Å². The van der Waals surface area contributed by atoms with Crippen LogP contribution in [0.2, 0.25) is 0 Å². The van der Waals surface area contributed by atoms with Crippen molar-refractivity contribution in [3.05, 3.63) is 82.6 Å². The first kappa shape index (κ1) is 20.3. The molecular weight excluding hydrogens is 314 g/mol. The molecule has 0 amide bonds. The van der Waals surface area contributed by atoms with Gasteiger partial charge in [0.1, 0.15) is 0 Å². The highest BCUT2D eigenvalue weighted by Crippen LogP contribution is 2.32. The molecular formula is C25H35N. The first-order chi connectivity index (χ1) is 12.5. The third-order valence-corrected chi connectivity index (χ3v) is 5.36. The van der Waals surface area contributed by atoms with Crippen molar-refractivity contribution in [2.24, 2.45) is 0 Å². The van der Waals surface area contributed by atoms with Crippen molar-refractivity contribution in [1.29, 1.82) is 0 Å². The predicted molar refractivity (Wildman–Crippen MR) is 115 cm³/mol. The lowest BCUT2D eigenvalue weighted by atomic mass is 9.93. The fourth-order valence-corrected chi connectivity index (χ4v) is 3.74. The maximum Gasteiger partial charge on any atom is 0.0511 e. The molecule has 1 aliphatic rings. The van der Waals surface area contributed by atoms with Crippen LogP contribution in [0, 0.1) is 0 Å². The maximum absolute atomic E-state index is 4.35. The van der Waals surface area contributed by atoms with Crippen LogP contribution >= 0.6 is 0 Å². The Morgan fingerprint density at radius 1 is 1.04 bits per heavy atom. The Kier molecular flexibility index (Phi) is 7.50. The highest BCUT2D eigenvalue weighted by molar-refractivity contribution is 5.57. The highest BCUT2D eigenvalue weighted by atomic mass is 14.9. The third-order valence-electron chi connectivity index (χ3n) is 5.36. The molecule has 1 aromatic carbocycles. The van der Waals surface area contributed by atoms with E-state index in [1.54, 1.807) is 0 Å². The van der Waals surface area contributed by atoms with E-state index >= 15 is 0 Å². The summed E-state index contributed by atoms with van der Waals surface area (Å²) in [7, 11) is 0. The van der Waals surface area contributed by atoms with Gasteiger partial charge in [0.2, 0.25) is 0 Å². The van der Waals surface area contributed by atoms with Crippen LogP contribution in [0.15, 0.2) is 65.9 Å². The fraction of sp³-hybridized carbons (Fsp3) is 0.440. The van der Waals surface area contributed by atoms with Gasteiger partial charge in [-0.25, -0.2) is 0 Å². The minimum Gasteiger partial charge on any atom is -0.378 e. The van der Waals surface area contributed by atoms with Gasteiger partial charge in [-0.05, 0) is 59.9 Å². The second-order valence-corrected chi connectivity index (χ2v) is 7.14. The van der Waals surface area contributed by atoms with Crippen molar-refractivity contribution in [2.45, 2.75) is 72.3 Å². The van der Waals surface area contributed by atoms with E-state index in [1.807, 2.05) is 0 Å². The second kappa shape index (κ2) is 9.62. The van der Waals surface area contributed by atoms with Gasteiger partial charge in [-0.15, -0.1) is 0 Å². The topological polar surface area (TPSA) is 12.0 Å². The molecule has 0 radical (unpaired) electrons. The molecule has 0 heterocycles. The van der Waals surface area contributed by atoms with Gasteiger partial charge in [0.05, 0.1) is 6.04 Å². The third kappa shape index (κ3) is 4.58. The van der Waals surface area contributed by atoms with E-state index in [9.17, 15) is 0 Å². The number of hydrogen-bond donors (Lipinski definition) is 1. The Hall–Kier alpha value is -2.02. The molecule has 1 aromatic rings. The zero-order chi connectivity index (χ0) is 19.1. The zero-order valence-corrected chi connectivity index (χ0v) is 17.1. The first-order valence-electron chi connectivity index (χ1n) is 10.2. The smallest absolute Gasteiger partial charge is 0.0511 e. The average molecular weight is 350 g/mol. The Morgan fingerprint density at radius 2 is 1.77 bits per heavy atom. The van der Waals surface area contributed by atoms with Crippen LogP contribution in [0.5, 0.6) is 0 Å². The van der Waals surface area contributed by atoms with Gasteiger partial charge in [-0.1, -0.05) is 77.6 Å². The first-order valence-corrected chi connectivity index (χ1v) is 10.2. The van der Waals surface area contributed by atoms with E-state index in [4.69, 9.17) is 0 Å². The predicted octanol–water partition coefficient (Wildman–Crippen LogP) is 6.98. The van der Waals surface area contributed by atoms with Gasteiger partial charge in [-0.3, -0.25) is 0 Å². The molecule has 1 nitrogen and oxygen atoms in total. The summed E-state index contributed by atoms with van der Waals surface area (Å²) in [5, 5.41) is 3.70. The van der Waals surface area contributed by atoms with Crippen LogP contribution in [0.4, 0.5) is 0 Å². The van der Waals surface area contributed by atoms with Crippen molar-refractivity contribution >= 4 is 0 Å². The number of aryl methyl sites for hydroxylation is 2. The molecule has 1 atom stereocenters. The summed E-state index contributed by atoms with van der Waals surface area (Å²) in [5.74, 6) is 0. The molecule has 26 heavy (non-hydrogen) atoms. The minimum absolute atomic E-state index is 0.293. The lowest BCUT2D eigenvalue weighted by molar-refractivity contribution is 0.584. The zero-order valence-electron chi connectivity index (χ0n) is 17.1. The summed E-state index contributed by atoms with van der Waals surface area (Å²) in [5.41, 5.74) is 9.06. The lowest BCUT2D eigenvalue weighted by Gasteiger charge is -2.24. The van der Waals surface area contributed by atoms with Crippen LogP contribution < -0.4 is 5.32 Å². The van der Waals surface area contributed by atoms with Crippen LogP contribution in [0.25, 0.3) is 0 Å². The molecule has 0 fully saturated rings. The van der Waals surface area contributed by atoms with Gasteiger partial charge in [0.25, 0.3) is 0 Å². The number of nitrogens with one attached hydrogen (secondary N) is 1. The Morgan fingerprint density at radius 3 is 2.38 bits per heavy atom. The monoisotopic (exact) mass is 349 g/mol. The molecule has 0 saturated heterocycles. The number of benzene rings is 1. The number of rotatable bonds is 10. The largest absolute Gasteiger partial charge is 0.378 e. The average Bonchev–Trinajstić information content (AvgIpc) is 3.15. The maximum atomic E-state index is 4.35. The van der Waals surface area contributed by atoms with E-state index in [0.717, 1.165) is 37.8 Å². The molecule has 1 aliphatic carbocycles. The van der Waals surface area contributed by atoms with Crippen molar-refractivity contribution < 1.29 is 0 Å². The molecule has 2 rings (SSSR count). The van der Waals surface area contributed by atoms with Gasteiger partial charge in [0, 0.05) is 11.3 Å². The van der Waals surface area contributed by atoms with E-state index in [2.05, 4.69) is 76.5 Å². The summed E-state index contributed by atoms with van der Waals surface area (Å²) >= 11 is 0. The number of hydrogen-bond acceptors (Lipinski definition) is 1. The minimum atomic E-state index is 0.293. The van der Waals surface area contributed by atoms with Crippen molar-refractivity contribution in [1.82, 2.24) is 5.32 Å². The van der Waals surface area contributed by atoms with Crippen LogP contribution in [0.3, 0.4) is 0 Å². The Balaban J connectivity index is 2.19. The fourth-order valence-electron chi connectivity index (χ4n) is 3.74. The molecule has 0 bridgehead atoms. The van der Waals surface area contributed by atoms with Crippen molar-refractivity contribution in [2.75, 3.05) is 0 Å². The van der Waals surface area contributed by atoms with E-state index < -0.39 is 0 Å². The normalized spacial score (nSPS) is 14.6. The van der Waals surface area contributed by atoms with Crippen LogP contribution in [-0.4, -0.2) is 0 Å². The van der Waals surface area contributed by atoms with Gasteiger partial charge < -0.3 is 5.32 Å².